The lowest BCUT2D eigenvalue weighted by Gasteiger charge is -2.36. The molecule has 3 rings (SSSR count). The molecule has 1 aromatic rings. The van der Waals surface area contributed by atoms with Gasteiger partial charge in [0.2, 0.25) is 5.91 Å². The lowest BCUT2D eigenvalue weighted by Crippen LogP contribution is -2.46. The van der Waals surface area contributed by atoms with Gasteiger partial charge in [0.15, 0.2) is 0 Å². The number of ether oxygens (including phenoxy) is 1. The van der Waals surface area contributed by atoms with Crippen LogP contribution in [0.5, 0.6) is 0 Å². The first-order valence-corrected chi connectivity index (χ1v) is 9.25. The third-order valence-corrected chi connectivity index (χ3v) is 5.22. The molecule has 2 fully saturated rings. The van der Waals surface area contributed by atoms with E-state index in [1.807, 2.05) is 21.8 Å². The van der Waals surface area contributed by atoms with Crippen molar-refractivity contribution in [2.75, 3.05) is 32.8 Å². The zero-order chi connectivity index (χ0) is 16.9. The van der Waals surface area contributed by atoms with E-state index in [2.05, 4.69) is 23.8 Å². The molecule has 6 heteroatoms. The lowest BCUT2D eigenvalue weighted by molar-refractivity contribution is -0.138. The molecular weight excluding hydrogens is 304 g/mol. The zero-order valence-electron chi connectivity index (χ0n) is 14.9. The highest BCUT2D eigenvalue weighted by molar-refractivity contribution is 5.79. The van der Waals surface area contributed by atoms with E-state index >= 15 is 0 Å². The molecule has 0 aliphatic carbocycles. The van der Waals surface area contributed by atoms with E-state index in [4.69, 9.17) is 4.74 Å². The fraction of sp³-hybridized carbons (Fsp3) is 0.778. The lowest BCUT2D eigenvalue weighted by atomic mass is 9.94. The highest BCUT2D eigenvalue weighted by atomic mass is 16.5. The number of nitrogens with zero attached hydrogens (tertiary/aromatic N) is 4. The van der Waals surface area contributed by atoms with Gasteiger partial charge in [-0.1, -0.05) is 0 Å². The Morgan fingerprint density at radius 2 is 2.08 bits per heavy atom. The molecule has 0 saturated carbocycles. The summed E-state index contributed by atoms with van der Waals surface area (Å²) in [6, 6.07) is 2.49. The number of likely N-dealkylation sites (tertiary alicyclic amines) is 1. The van der Waals surface area contributed by atoms with Gasteiger partial charge in [0, 0.05) is 44.0 Å². The largest absolute Gasteiger partial charge is 0.374 e. The van der Waals surface area contributed by atoms with Gasteiger partial charge in [0.1, 0.15) is 0 Å². The van der Waals surface area contributed by atoms with Gasteiger partial charge in [0.25, 0.3) is 0 Å². The average molecular weight is 334 g/mol. The average Bonchev–Trinajstić information content (AvgIpc) is 2.98. The van der Waals surface area contributed by atoms with Crippen LogP contribution in [-0.2, 0) is 16.1 Å². The molecular formula is C18H30N4O2. The molecule has 0 bridgehead atoms. The van der Waals surface area contributed by atoms with Crippen LogP contribution in [0, 0.1) is 5.92 Å². The van der Waals surface area contributed by atoms with Crippen LogP contribution in [0.2, 0.25) is 0 Å². The summed E-state index contributed by atoms with van der Waals surface area (Å²) < 4.78 is 7.82. The Kier molecular flexibility index (Phi) is 5.89. The zero-order valence-corrected chi connectivity index (χ0v) is 14.9. The molecule has 1 amide bonds. The Balaban J connectivity index is 1.55. The second-order valence-corrected chi connectivity index (χ2v) is 7.26. The van der Waals surface area contributed by atoms with Crippen LogP contribution in [0.4, 0.5) is 0 Å². The quantitative estimate of drug-likeness (QED) is 0.840. The highest BCUT2D eigenvalue weighted by Crippen LogP contribution is 2.22. The van der Waals surface area contributed by atoms with Gasteiger partial charge in [-0.25, -0.2) is 0 Å². The third kappa shape index (κ3) is 4.36. The first kappa shape index (κ1) is 17.4. The summed E-state index contributed by atoms with van der Waals surface area (Å²) in [6.45, 7) is 9.47. The van der Waals surface area contributed by atoms with E-state index in [-0.39, 0.29) is 12.0 Å². The topological polar surface area (TPSA) is 50.6 Å². The second kappa shape index (κ2) is 8.12. The van der Waals surface area contributed by atoms with Crippen molar-refractivity contribution in [2.24, 2.45) is 5.92 Å². The summed E-state index contributed by atoms with van der Waals surface area (Å²) in [5.41, 5.74) is 0. The van der Waals surface area contributed by atoms with Gasteiger partial charge in [-0.05, 0) is 52.3 Å². The molecule has 3 heterocycles. The van der Waals surface area contributed by atoms with Gasteiger partial charge in [-0.3, -0.25) is 9.48 Å². The highest BCUT2D eigenvalue weighted by Gasteiger charge is 2.31. The van der Waals surface area contributed by atoms with E-state index < -0.39 is 0 Å². The number of rotatable bonds is 4. The summed E-state index contributed by atoms with van der Waals surface area (Å²) in [5.74, 6) is 0.512. The number of carbonyl (C=O) groups is 1. The summed E-state index contributed by atoms with van der Waals surface area (Å²) >= 11 is 0. The maximum atomic E-state index is 13.0. The molecule has 0 aromatic carbocycles. The Labute approximate surface area is 144 Å². The molecule has 2 aliphatic rings. The molecule has 134 valence electrons. The number of amides is 1. The molecule has 24 heavy (non-hydrogen) atoms. The predicted octanol–water partition coefficient (Wildman–Crippen LogP) is 1.62. The summed E-state index contributed by atoms with van der Waals surface area (Å²) in [5, 5.41) is 4.25. The minimum Gasteiger partial charge on any atom is -0.374 e. The first-order chi connectivity index (χ1) is 11.6. The van der Waals surface area contributed by atoms with Crippen molar-refractivity contribution in [1.29, 1.82) is 0 Å². The van der Waals surface area contributed by atoms with Crippen molar-refractivity contribution in [2.45, 2.75) is 51.8 Å². The van der Waals surface area contributed by atoms with Crippen LogP contribution in [0.25, 0.3) is 0 Å². The second-order valence-electron chi connectivity index (χ2n) is 7.26. The summed E-state index contributed by atoms with van der Waals surface area (Å²) in [7, 11) is 0. The van der Waals surface area contributed by atoms with Crippen molar-refractivity contribution in [3.63, 3.8) is 0 Å². The van der Waals surface area contributed by atoms with E-state index in [0.717, 1.165) is 45.5 Å². The van der Waals surface area contributed by atoms with Gasteiger partial charge in [0.05, 0.1) is 12.6 Å². The predicted molar refractivity (Wildman–Crippen MR) is 92.6 cm³/mol. The molecule has 0 unspecified atom stereocenters. The smallest absolute Gasteiger partial charge is 0.225 e. The van der Waals surface area contributed by atoms with E-state index in [9.17, 15) is 4.79 Å². The molecule has 1 atom stereocenters. The molecule has 2 aliphatic heterocycles. The fourth-order valence-corrected chi connectivity index (χ4v) is 3.74. The molecule has 6 nitrogen and oxygen atoms in total. The number of carbonyl (C=O) groups excluding carboxylic acids is 1. The van der Waals surface area contributed by atoms with E-state index in [1.54, 1.807) is 6.20 Å². The van der Waals surface area contributed by atoms with Crippen molar-refractivity contribution in [3.8, 4) is 0 Å². The fourth-order valence-electron chi connectivity index (χ4n) is 3.74. The van der Waals surface area contributed by atoms with Crippen molar-refractivity contribution in [1.82, 2.24) is 19.6 Å². The summed E-state index contributed by atoms with van der Waals surface area (Å²) in [4.78, 5) is 17.5. The normalized spacial score (nSPS) is 24.3. The standard InChI is InChI=1S/C18H30N4O2/c1-15(2)20-10-5-16(6-11-20)18(23)21-8-4-12-24-17(13-21)14-22-9-3-7-19-22/h3,7,9,15-17H,4-6,8,10-14H2,1-2H3/t17-/m0/s1. The third-order valence-electron chi connectivity index (χ3n) is 5.22. The van der Waals surface area contributed by atoms with Crippen LogP contribution < -0.4 is 0 Å². The van der Waals surface area contributed by atoms with Crippen LogP contribution in [0.15, 0.2) is 18.5 Å². The molecule has 0 radical (unpaired) electrons. The minimum atomic E-state index is 0.0344. The van der Waals surface area contributed by atoms with Gasteiger partial charge >= 0.3 is 0 Å². The Morgan fingerprint density at radius 3 is 2.75 bits per heavy atom. The van der Waals surface area contributed by atoms with Gasteiger partial charge in [-0.15, -0.1) is 0 Å². The SMILES string of the molecule is CC(C)N1CCC(C(=O)N2CCCO[C@H](Cn3cccn3)C2)CC1. The van der Waals surface area contributed by atoms with Crippen LogP contribution in [0.3, 0.4) is 0 Å². The Bertz CT molecular complexity index is 509. The van der Waals surface area contributed by atoms with E-state index in [1.165, 1.54) is 0 Å². The number of aromatic nitrogens is 2. The van der Waals surface area contributed by atoms with Crippen LogP contribution >= 0.6 is 0 Å². The van der Waals surface area contributed by atoms with E-state index in [0.29, 0.717) is 25.0 Å². The van der Waals surface area contributed by atoms with Gasteiger partial charge < -0.3 is 14.5 Å². The Morgan fingerprint density at radius 1 is 1.29 bits per heavy atom. The van der Waals surface area contributed by atoms with Crippen LogP contribution in [-0.4, -0.2) is 70.4 Å². The Hall–Kier alpha value is -1.40. The summed E-state index contributed by atoms with van der Waals surface area (Å²) in [6.07, 6.45) is 6.65. The van der Waals surface area contributed by atoms with Crippen molar-refractivity contribution >= 4 is 5.91 Å². The van der Waals surface area contributed by atoms with Gasteiger partial charge in [-0.2, -0.15) is 5.10 Å². The van der Waals surface area contributed by atoms with Crippen LogP contribution in [0.1, 0.15) is 33.1 Å². The maximum Gasteiger partial charge on any atom is 0.225 e. The molecule has 0 N–H and O–H groups in total. The monoisotopic (exact) mass is 334 g/mol. The van der Waals surface area contributed by atoms with Crippen molar-refractivity contribution < 1.29 is 9.53 Å². The molecule has 0 spiro atoms. The number of piperidine rings is 1. The maximum absolute atomic E-state index is 13.0. The van der Waals surface area contributed by atoms with Crippen molar-refractivity contribution in [3.05, 3.63) is 18.5 Å². The molecule has 1 aromatic heterocycles. The number of hydrogen-bond donors (Lipinski definition) is 0. The molecule has 2 saturated heterocycles. The number of hydrogen-bond acceptors (Lipinski definition) is 4. The minimum absolute atomic E-state index is 0.0344. The first-order valence-electron chi connectivity index (χ1n) is 9.25.